The van der Waals surface area contributed by atoms with Crippen molar-refractivity contribution in [1.82, 2.24) is 0 Å². The highest BCUT2D eigenvalue weighted by Gasteiger charge is 2.15. The van der Waals surface area contributed by atoms with Crippen LogP contribution >= 0.6 is 0 Å². The van der Waals surface area contributed by atoms with Gasteiger partial charge in [-0.3, -0.25) is 4.79 Å². The maximum Gasteiger partial charge on any atom is 0.306 e. The van der Waals surface area contributed by atoms with Crippen LogP contribution < -0.4 is 0 Å². The van der Waals surface area contributed by atoms with Gasteiger partial charge in [0.05, 0.1) is 0 Å². The molecular weight excluding hydrogens is 344 g/mol. The lowest BCUT2D eigenvalue weighted by Gasteiger charge is -2.19. The topological polar surface area (TPSA) is 26.3 Å². The molecule has 0 amide bonds. The number of carbonyl (C=O) groups is 1. The zero-order chi connectivity index (χ0) is 20.8. The molecule has 2 nitrogen and oxygen atoms in total. The average molecular weight is 389 g/mol. The number of esters is 1. The lowest BCUT2D eigenvalue weighted by Crippen LogP contribution is -2.23. The number of benzene rings is 1. The van der Waals surface area contributed by atoms with Gasteiger partial charge in [0.1, 0.15) is 5.60 Å². The zero-order valence-corrected chi connectivity index (χ0v) is 19.2. The zero-order valence-electron chi connectivity index (χ0n) is 19.2. The average Bonchev–Trinajstić information content (AvgIpc) is 2.64. The van der Waals surface area contributed by atoms with Crippen LogP contribution in [0.1, 0.15) is 116 Å². The Kier molecular flexibility index (Phi) is 12.2. The molecule has 0 aliphatic carbocycles. The summed E-state index contributed by atoms with van der Waals surface area (Å²) in [5.41, 5.74) is 4.36. The molecular formula is C26H44O2. The Morgan fingerprint density at radius 1 is 0.786 bits per heavy atom. The van der Waals surface area contributed by atoms with Crippen LogP contribution in [0.3, 0.4) is 0 Å². The van der Waals surface area contributed by atoms with Gasteiger partial charge in [0.15, 0.2) is 0 Å². The molecule has 1 aromatic carbocycles. The lowest BCUT2D eigenvalue weighted by molar-refractivity contribution is -0.154. The Morgan fingerprint density at radius 3 is 1.71 bits per heavy atom. The molecule has 0 spiro atoms. The predicted molar refractivity (Wildman–Crippen MR) is 121 cm³/mol. The van der Waals surface area contributed by atoms with Crippen LogP contribution in [0.4, 0.5) is 0 Å². The Hall–Kier alpha value is -1.31. The van der Waals surface area contributed by atoms with Crippen molar-refractivity contribution in [2.45, 2.75) is 124 Å². The number of rotatable bonds is 14. The summed E-state index contributed by atoms with van der Waals surface area (Å²) in [6.07, 6.45) is 15.5. The summed E-state index contributed by atoms with van der Waals surface area (Å²) in [4.78, 5) is 11.7. The van der Waals surface area contributed by atoms with Crippen molar-refractivity contribution in [1.29, 1.82) is 0 Å². The normalized spacial score (nSPS) is 11.6. The van der Waals surface area contributed by atoms with Crippen molar-refractivity contribution < 1.29 is 9.53 Å². The molecule has 2 heteroatoms. The summed E-state index contributed by atoms with van der Waals surface area (Å²) in [7, 11) is 0. The molecule has 160 valence electrons. The molecule has 0 unspecified atom stereocenters. The van der Waals surface area contributed by atoms with Gasteiger partial charge >= 0.3 is 5.97 Å². The van der Waals surface area contributed by atoms with E-state index in [9.17, 15) is 4.79 Å². The summed E-state index contributed by atoms with van der Waals surface area (Å²) in [6, 6.07) is 6.82. The molecule has 28 heavy (non-hydrogen) atoms. The summed E-state index contributed by atoms with van der Waals surface area (Å²) >= 11 is 0. The Balaban J connectivity index is 2.02. The largest absolute Gasteiger partial charge is 0.460 e. The number of ether oxygens (including phenoxy) is 1. The van der Waals surface area contributed by atoms with E-state index in [1.807, 2.05) is 20.8 Å². The molecule has 0 bridgehead atoms. The number of aryl methyl sites for hydroxylation is 2. The second-order valence-electron chi connectivity index (χ2n) is 9.03. The van der Waals surface area contributed by atoms with Crippen LogP contribution in [0.15, 0.2) is 18.2 Å². The van der Waals surface area contributed by atoms with Crippen LogP contribution in [0.25, 0.3) is 0 Å². The molecule has 1 rings (SSSR count). The third kappa shape index (κ3) is 10.9. The molecule has 0 aliphatic heterocycles. The van der Waals surface area contributed by atoms with Crippen molar-refractivity contribution in [3.05, 3.63) is 34.9 Å². The molecule has 0 radical (unpaired) electrons. The van der Waals surface area contributed by atoms with Gasteiger partial charge in [-0.15, -0.1) is 0 Å². The first kappa shape index (κ1) is 24.7. The third-order valence-corrected chi connectivity index (χ3v) is 5.36. The predicted octanol–water partition coefficient (Wildman–Crippen LogP) is 7.60. The van der Waals surface area contributed by atoms with Crippen molar-refractivity contribution in [2.75, 3.05) is 0 Å². The molecule has 0 atom stereocenters. The van der Waals surface area contributed by atoms with Gasteiger partial charge in [-0.2, -0.15) is 0 Å². The second-order valence-corrected chi connectivity index (χ2v) is 9.03. The minimum atomic E-state index is -0.353. The van der Waals surface area contributed by atoms with E-state index in [-0.39, 0.29) is 11.6 Å². The van der Waals surface area contributed by atoms with E-state index in [0.29, 0.717) is 6.42 Å². The summed E-state index contributed by atoms with van der Waals surface area (Å²) < 4.78 is 5.34. The highest BCUT2D eigenvalue weighted by molar-refractivity contribution is 5.69. The maximum absolute atomic E-state index is 11.7. The van der Waals surface area contributed by atoms with Gasteiger partial charge < -0.3 is 4.74 Å². The van der Waals surface area contributed by atoms with Crippen molar-refractivity contribution in [3.8, 4) is 0 Å². The van der Waals surface area contributed by atoms with E-state index in [1.54, 1.807) is 16.7 Å². The highest BCUT2D eigenvalue weighted by Crippen LogP contribution is 2.20. The fourth-order valence-corrected chi connectivity index (χ4v) is 3.87. The molecule has 0 saturated heterocycles. The highest BCUT2D eigenvalue weighted by atomic mass is 16.6. The van der Waals surface area contributed by atoms with Gasteiger partial charge in [0, 0.05) is 6.42 Å². The van der Waals surface area contributed by atoms with Crippen LogP contribution in [0, 0.1) is 0 Å². The second kappa shape index (κ2) is 13.8. The summed E-state index contributed by atoms with van der Waals surface area (Å²) in [5.74, 6) is -0.0524. The SMILES string of the molecule is CCc1cccc(CC)c1CCCCCCCCCCCC(=O)OC(C)(C)C. The van der Waals surface area contributed by atoms with Crippen LogP contribution in [0.5, 0.6) is 0 Å². The number of hydrogen-bond acceptors (Lipinski definition) is 2. The maximum atomic E-state index is 11.7. The number of hydrogen-bond donors (Lipinski definition) is 0. The summed E-state index contributed by atoms with van der Waals surface area (Å²) in [6.45, 7) is 10.3. The van der Waals surface area contributed by atoms with Crippen molar-refractivity contribution >= 4 is 5.97 Å². The first-order valence-electron chi connectivity index (χ1n) is 11.7. The Morgan fingerprint density at radius 2 is 1.25 bits per heavy atom. The minimum Gasteiger partial charge on any atom is -0.460 e. The van der Waals surface area contributed by atoms with Gasteiger partial charge in [-0.1, -0.05) is 77.0 Å². The molecule has 0 heterocycles. The molecule has 0 saturated carbocycles. The Labute approximate surface area is 174 Å². The molecule has 1 aromatic rings. The van der Waals surface area contributed by atoms with Crippen LogP contribution in [-0.2, 0) is 28.8 Å². The lowest BCUT2D eigenvalue weighted by atomic mass is 9.93. The standard InChI is InChI=1S/C26H44O2/c1-6-22-18-17-19-23(7-2)24(22)20-15-13-11-9-8-10-12-14-16-21-25(27)28-26(3,4)5/h17-19H,6-16,20-21H2,1-5H3. The van der Waals surface area contributed by atoms with Gasteiger partial charge in [0.2, 0.25) is 0 Å². The van der Waals surface area contributed by atoms with E-state index in [4.69, 9.17) is 4.74 Å². The smallest absolute Gasteiger partial charge is 0.306 e. The Bertz CT molecular complexity index is 532. The van der Waals surface area contributed by atoms with Crippen molar-refractivity contribution in [3.63, 3.8) is 0 Å². The summed E-state index contributed by atoms with van der Waals surface area (Å²) in [5, 5.41) is 0. The van der Waals surface area contributed by atoms with E-state index in [1.165, 1.54) is 51.4 Å². The van der Waals surface area contributed by atoms with Gasteiger partial charge in [-0.25, -0.2) is 0 Å². The number of carbonyl (C=O) groups excluding carboxylic acids is 1. The molecule has 0 aliphatic rings. The van der Waals surface area contributed by atoms with Crippen LogP contribution in [-0.4, -0.2) is 11.6 Å². The molecule has 0 aromatic heterocycles. The monoisotopic (exact) mass is 388 g/mol. The molecule has 0 N–H and O–H groups in total. The van der Waals surface area contributed by atoms with Gasteiger partial charge in [0.25, 0.3) is 0 Å². The van der Waals surface area contributed by atoms with Crippen LogP contribution in [0.2, 0.25) is 0 Å². The quantitative estimate of drug-likeness (QED) is 0.242. The van der Waals surface area contributed by atoms with E-state index in [0.717, 1.165) is 25.7 Å². The first-order chi connectivity index (χ1) is 13.4. The molecule has 0 fully saturated rings. The van der Waals surface area contributed by atoms with Crippen molar-refractivity contribution in [2.24, 2.45) is 0 Å². The van der Waals surface area contributed by atoms with Gasteiger partial charge in [-0.05, 0) is 69.6 Å². The third-order valence-electron chi connectivity index (χ3n) is 5.36. The number of unbranched alkanes of at least 4 members (excludes halogenated alkanes) is 8. The minimum absolute atomic E-state index is 0.0524. The fourth-order valence-electron chi connectivity index (χ4n) is 3.87. The van der Waals surface area contributed by atoms with E-state index >= 15 is 0 Å². The fraction of sp³-hybridized carbons (Fsp3) is 0.731. The first-order valence-corrected chi connectivity index (χ1v) is 11.7. The van der Waals surface area contributed by atoms with E-state index < -0.39 is 0 Å². The van der Waals surface area contributed by atoms with E-state index in [2.05, 4.69) is 32.0 Å².